The van der Waals surface area contributed by atoms with E-state index in [0.29, 0.717) is 6.04 Å². The molecule has 0 saturated heterocycles. The van der Waals surface area contributed by atoms with Crippen LogP contribution in [0.25, 0.3) is 0 Å². The maximum atomic E-state index is 9.05. The van der Waals surface area contributed by atoms with E-state index in [-0.39, 0.29) is 6.61 Å². The lowest BCUT2D eigenvalue weighted by molar-refractivity contribution is 0.109. The number of ether oxygens (including phenoxy) is 1. The molecule has 0 radical (unpaired) electrons. The Morgan fingerprint density at radius 2 is 2.06 bits per heavy atom. The van der Waals surface area contributed by atoms with Crippen molar-refractivity contribution >= 4 is 0 Å². The molecule has 0 fully saturated rings. The van der Waals surface area contributed by atoms with Gasteiger partial charge in [0.15, 0.2) is 0 Å². The molecular formula is C13H30N2O2. The number of rotatable bonds is 12. The van der Waals surface area contributed by atoms with Crippen molar-refractivity contribution in [1.82, 2.24) is 10.2 Å². The molecule has 0 aliphatic heterocycles. The first-order valence-electron chi connectivity index (χ1n) is 6.92. The summed E-state index contributed by atoms with van der Waals surface area (Å²) in [5.41, 5.74) is 0. The molecule has 0 bridgehead atoms. The summed E-state index contributed by atoms with van der Waals surface area (Å²) in [4.78, 5) is 2.37. The zero-order valence-corrected chi connectivity index (χ0v) is 11.7. The lowest BCUT2D eigenvalue weighted by atomic mass is 10.2. The molecule has 0 aliphatic carbocycles. The van der Waals surface area contributed by atoms with Crippen LogP contribution in [0.1, 0.15) is 33.6 Å². The summed E-state index contributed by atoms with van der Waals surface area (Å²) >= 11 is 0. The fourth-order valence-electron chi connectivity index (χ4n) is 1.79. The second-order valence-corrected chi connectivity index (χ2v) is 4.25. The second-order valence-electron chi connectivity index (χ2n) is 4.25. The van der Waals surface area contributed by atoms with Crippen molar-refractivity contribution in [3.05, 3.63) is 0 Å². The van der Waals surface area contributed by atoms with Crippen LogP contribution in [0.3, 0.4) is 0 Å². The molecule has 1 unspecified atom stereocenters. The smallest absolute Gasteiger partial charge is 0.0593 e. The molecule has 2 N–H and O–H groups in total. The molecule has 4 nitrogen and oxygen atoms in total. The van der Waals surface area contributed by atoms with E-state index in [1.54, 1.807) is 0 Å². The van der Waals surface area contributed by atoms with Gasteiger partial charge >= 0.3 is 0 Å². The Hall–Kier alpha value is -0.160. The zero-order valence-electron chi connectivity index (χ0n) is 11.7. The Morgan fingerprint density at radius 1 is 1.29 bits per heavy atom. The molecule has 1 atom stereocenters. The minimum atomic E-state index is 0.254. The van der Waals surface area contributed by atoms with Gasteiger partial charge in [-0.2, -0.15) is 0 Å². The molecule has 0 amide bonds. The molecule has 104 valence electrons. The highest BCUT2D eigenvalue weighted by molar-refractivity contribution is 4.71. The summed E-state index contributed by atoms with van der Waals surface area (Å²) in [5, 5.41) is 12.5. The number of nitrogens with one attached hydrogen (secondary N) is 1. The molecule has 0 rings (SSSR count). The van der Waals surface area contributed by atoms with Gasteiger partial charge in [-0.15, -0.1) is 0 Å². The first-order chi connectivity index (χ1) is 8.28. The fraction of sp³-hybridized carbons (Fsp3) is 1.00. The normalized spacial score (nSPS) is 13.2. The molecular weight excluding hydrogens is 216 g/mol. The lowest BCUT2D eigenvalue weighted by Gasteiger charge is -2.26. The van der Waals surface area contributed by atoms with Crippen molar-refractivity contribution in [2.24, 2.45) is 0 Å². The number of aliphatic hydroxyl groups is 1. The fourth-order valence-corrected chi connectivity index (χ4v) is 1.79. The predicted octanol–water partition coefficient (Wildman–Crippen LogP) is 1.10. The topological polar surface area (TPSA) is 44.7 Å². The molecule has 0 aromatic heterocycles. The molecule has 0 aliphatic rings. The van der Waals surface area contributed by atoms with Crippen LogP contribution in [0.4, 0.5) is 0 Å². The predicted molar refractivity (Wildman–Crippen MR) is 72.4 cm³/mol. The van der Waals surface area contributed by atoms with Gasteiger partial charge < -0.3 is 15.2 Å². The van der Waals surface area contributed by atoms with Crippen LogP contribution in [0.15, 0.2) is 0 Å². The van der Waals surface area contributed by atoms with Gasteiger partial charge in [0, 0.05) is 32.3 Å². The summed E-state index contributed by atoms with van der Waals surface area (Å²) in [6.45, 7) is 12.2. The van der Waals surface area contributed by atoms with Crippen molar-refractivity contribution in [2.75, 3.05) is 46.0 Å². The second kappa shape index (κ2) is 12.3. The van der Waals surface area contributed by atoms with E-state index in [1.165, 1.54) is 0 Å². The quantitative estimate of drug-likeness (QED) is 0.506. The van der Waals surface area contributed by atoms with Crippen LogP contribution in [-0.2, 0) is 4.74 Å². The molecule has 0 spiro atoms. The van der Waals surface area contributed by atoms with Gasteiger partial charge in [0.05, 0.1) is 6.61 Å². The Labute approximate surface area is 106 Å². The van der Waals surface area contributed by atoms with Gasteiger partial charge in [-0.1, -0.05) is 13.8 Å². The van der Waals surface area contributed by atoms with Gasteiger partial charge in [0.2, 0.25) is 0 Å². The third-order valence-electron chi connectivity index (χ3n) is 2.84. The van der Waals surface area contributed by atoms with Crippen LogP contribution < -0.4 is 5.32 Å². The molecule has 0 aromatic rings. The van der Waals surface area contributed by atoms with E-state index in [4.69, 9.17) is 9.84 Å². The number of hydrogen-bond donors (Lipinski definition) is 2. The lowest BCUT2D eigenvalue weighted by Crippen LogP contribution is -2.43. The van der Waals surface area contributed by atoms with Crippen molar-refractivity contribution in [3.63, 3.8) is 0 Å². The maximum Gasteiger partial charge on any atom is 0.0593 e. The zero-order chi connectivity index (χ0) is 12.9. The van der Waals surface area contributed by atoms with Crippen LogP contribution >= 0.6 is 0 Å². The van der Waals surface area contributed by atoms with Crippen molar-refractivity contribution in [2.45, 2.75) is 39.7 Å². The van der Waals surface area contributed by atoms with E-state index in [9.17, 15) is 0 Å². The number of likely N-dealkylation sites (N-methyl/N-ethyl adjacent to an activating group) is 1. The minimum Gasteiger partial charge on any atom is -0.396 e. The highest BCUT2D eigenvalue weighted by Crippen LogP contribution is 1.98. The van der Waals surface area contributed by atoms with Gasteiger partial charge in [-0.3, -0.25) is 4.90 Å². The van der Waals surface area contributed by atoms with E-state index in [2.05, 4.69) is 24.1 Å². The maximum absolute atomic E-state index is 9.05. The summed E-state index contributed by atoms with van der Waals surface area (Å²) in [5.74, 6) is 0. The van der Waals surface area contributed by atoms with Crippen LogP contribution in [0.5, 0.6) is 0 Å². The number of hydrogen-bond acceptors (Lipinski definition) is 4. The van der Waals surface area contributed by atoms with Gasteiger partial charge in [0.25, 0.3) is 0 Å². The minimum absolute atomic E-state index is 0.254. The number of aliphatic hydroxyl groups excluding tert-OH is 1. The van der Waals surface area contributed by atoms with Crippen LogP contribution in [0.2, 0.25) is 0 Å². The van der Waals surface area contributed by atoms with Gasteiger partial charge in [0.1, 0.15) is 0 Å². The summed E-state index contributed by atoms with van der Waals surface area (Å²) in [7, 11) is 0. The molecule has 17 heavy (non-hydrogen) atoms. The Bertz CT molecular complexity index is 156. The van der Waals surface area contributed by atoms with E-state index in [1.807, 2.05) is 6.92 Å². The average molecular weight is 246 g/mol. The van der Waals surface area contributed by atoms with E-state index < -0.39 is 0 Å². The monoisotopic (exact) mass is 246 g/mol. The average Bonchev–Trinajstić information content (AvgIpc) is 2.35. The summed E-state index contributed by atoms with van der Waals surface area (Å²) in [6.07, 6.45) is 1.96. The largest absolute Gasteiger partial charge is 0.396 e. The van der Waals surface area contributed by atoms with Crippen molar-refractivity contribution in [3.8, 4) is 0 Å². The van der Waals surface area contributed by atoms with Gasteiger partial charge in [-0.05, 0) is 32.9 Å². The van der Waals surface area contributed by atoms with Crippen molar-refractivity contribution in [1.29, 1.82) is 0 Å². The first-order valence-corrected chi connectivity index (χ1v) is 6.92. The summed E-state index contributed by atoms with van der Waals surface area (Å²) in [6, 6.07) is 0.390. The molecule has 0 heterocycles. The van der Waals surface area contributed by atoms with Crippen LogP contribution in [0, 0.1) is 0 Å². The number of nitrogens with zero attached hydrogens (tertiary/aromatic N) is 1. The Kier molecular flexibility index (Phi) is 12.2. The highest BCUT2D eigenvalue weighted by Gasteiger charge is 2.11. The van der Waals surface area contributed by atoms with E-state index in [0.717, 1.165) is 52.2 Å². The SMILES string of the molecule is CCCNC(CCO)CN(CC)CCOCC. The highest BCUT2D eigenvalue weighted by atomic mass is 16.5. The molecule has 4 heteroatoms. The first kappa shape index (κ1) is 16.8. The van der Waals surface area contributed by atoms with Crippen LogP contribution in [-0.4, -0.2) is 62.0 Å². The third kappa shape index (κ3) is 9.53. The third-order valence-corrected chi connectivity index (χ3v) is 2.84. The Balaban J connectivity index is 3.89. The molecule has 0 aromatic carbocycles. The van der Waals surface area contributed by atoms with Crippen molar-refractivity contribution < 1.29 is 9.84 Å². The van der Waals surface area contributed by atoms with E-state index >= 15 is 0 Å². The summed E-state index contributed by atoms with van der Waals surface area (Å²) < 4.78 is 5.38. The Morgan fingerprint density at radius 3 is 2.59 bits per heavy atom. The molecule has 0 saturated carbocycles. The standard InChI is InChI=1S/C13H30N2O2/c1-4-8-14-13(7-10-16)12-15(5-2)9-11-17-6-3/h13-14,16H,4-12H2,1-3H3. The van der Waals surface area contributed by atoms with Gasteiger partial charge in [-0.25, -0.2) is 0 Å².